The van der Waals surface area contributed by atoms with E-state index in [0.717, 1.165) is 22.3 Å². The van der Waals surface area contributed by atoms with Gasteiger partial charge in [-0.25, -0.2) is 9.97 Å². The number of hydrogen-bond acceptors (Lipinski definition) is 9. The number of carboxylic acid groups (broad SMARTS) is 1. The minimum Gasteiger partial charge on any atom is -0.480 e. The Morgan fingerprint density at radius 2 is 1.33 bits per heavy atom. The lowest BCUT2D eigenvalue weighted by Gasteiger charge is -2.22. The zero-order valence-corrected chi connectivity index (χ0v) is 27.5. The van der Waals surface area contributed by atoms with Crippen LogP contribution in [0.25, 0.3) is 56.2 Å². The van der Waals surface area contributed by atoms with Crippen molar-refractivity contribution in [1.82, 2.24) is 14.9 Å². The Morgan fingerprint density at radius 1 is 0.843 bits per heavy atom. The second kappa shape index (κ2) is 13.7. The van der Waals surface area contributed by atoms with E-state index in [1.165, 1.54) is 12.1 Å². The molecule has 0 radical (unpaired) electrons. The fourth-order valence-corrected chi connectivity index (χ4v) is 6.75. The number of hydrogen-bond donors (Lipinski definition) is 2. The molecule has 1 atom stereocenters. The summed E-state index contributed by atoms with van der Waals surface area (Å²) >= 11 is 0. The average Bonchev–Trinajstić information content (AvgIpc) is 3.82. The van der Waals surface area contributed by atoms with Crippen LogP contribution in [0, 0.1) is 13.8 Å². The van der Waals surface area contributed by atoms with Crippen molar-refractivity contribution in [3.63, 3.8) is 0 Å². The monoisotopic (exact) mass is 704 g/mol. The molecule has 6 aromatic rings. The second-order valence-electron chi connectivity index (χ2n) is 12.3. The molecule has 10 nitrogen and oxygen atoms in total. The second-order valence-corrected chi connectivity index (χ2v) is 12.3. The number of alkyl halides is 4. The fraction of sp³-hybridized carbons (Fsp3) is 0.270. The Labute approximate surface area is 288 Å². The van der Waals surface area contributed by atoms with E-state index in [4.69, 9.17) is 24.3 Å². The third-order valence-corrected chi connectivity index (χ3v) is 9.23. The number of aromatic nitrogens is 2. The normalized spacial score (nSPS) is 15.1. The topological polar surface area (TPSA) is 137 Å². The molecule has 51 heavy (non-hydrogen) atoms. The Hall–Kier alpha value is -5.47. The van der Waals surface area contributed by atoms with E-state index < -0.39 is 25.2 Å². The molecule has 14 heteroatoms. The number of likely N-dealkylation sites (tertiary alicyclic amines) is 1. The summed E-state index contributed by atoms with van der Waals surface area (Å²) < 4.78 is 74.5. The number of halogens is 4. The van der Waals surface area contributed by atoms with E-state index in [1.807, 2.05) is 50.2 Å². The fourth-order valence-electron chi connectivity index (χ4n) is 6.75. The quantitative estimate of drug-likeness (QED) is 0.127. The molecule has 0 saturated carbocycles. The van der Waals surface area contributed by atoms with E-state index >= 15 is 0 Å². The molecule has 0 bridgehead atoms. The Kier molecular flexibility index (Phi) is 9.12. The molecular formula is C37H32F4N4O6. The molecule has 0 amide bonds. The summed E-state index contributed by atoms with van der Waals surface area (Å²) in [6, 6.07) is 16.5. The number of aliphatic carboxylic acids is 1. The van der Waals surface area contributed by atoms with Gasteiger partial charge in [-0.1, -0.05) is 24.3 Å². The lowest BCUT2D eigenvalue weighted by atomic mass is 9.91. The van der Waals surface area contributed by atoms with Crippen LogP contribution in [-0.4, -0.2) is 51.8 Å². The van der Waals surface area contributed by atoms with Gasteiger partial charge in [0.05, 0.1) is 0 Å². The highest BCUT2D eigenvalue weighted by molar-refractivity contribution is 5.85. The van der Waals surface area contributed by atoms with E-state index in [-0.39, 0.29) is 47.5 Å². The number of benzene rings is 4. The largest absolute Gasteiger partial charge is 0.480 e. The van der Waals surface area contributed by atoms with E-state index in [0.29, 0.717) is 52.7 Å². The number of ether oxygens (including phenoxy) is 2. The Bertz CT molecular complexity index is 2270. The maximum atomic E-state index is 13.4. The lowest BCUT2D eigenvalue weighted by molar-refractivity contribution is -0.142. The highest BCUT2D eigenvalue weighted by atomic mass is 19.3. The predicted octanol–water partition coefficient (Wildman–Crippen LogP) is 8.30. The molecule has 0 spiro atoms. The van der Waals surface area contributed by atoms with Crippen molar-refractivity contribution in [2.45, 2.75) is 59.0 Å². The van der Waals surface area contributed by atoms with Crippen molar-refractivity contribution in [1.29, 1.82) is 0 Å². The SMILES string of the molecule is Cc1c(-c2nc3cc(CN)c(OC(F)F)cc3o2)cccc1-c1cccc(-c2nc3cc(CN4CCC[C@H]4C(=O)O)c(OC(F)F)cc3o2)c1C. The van der Waals surface area contributed by atoms with Gasteiger partial charge in [0.1, 0.15) is 28.6 Å². The predicted molar refractivity (Wildman–Crippen MR) is 180 cm³/mol. The van der Waals surface area contributed by atoms with Gasteiger partial charge in [0, 0.05) is 47.5 Å². The summed E-state index contributed by atoms with van der Waals surface area (Å²) in [5.74, 6) is -0.594. The van der Waals surface area contributed by atoms with Gasteiger partial charge in [0.25, 0.3) is 0 Å². The highest BCUT2D eigenvalue weighted by Crippen LogP contribution is 2.39. The molecule has 7 rings (SSSR count). The van der Waals surface area contributed by atoms with Crippen LogP contribution in [-0.2, 0) is 17.9 Å². The van der Waals surface area contributed by atoms with Crippen molar-refractivity contribution >= 4 is 28.2 Å². The van der Waals surface area contributed by atoms with Crippen molar-refractivity contribution in [3.8, 4) is 45.5 Å². The van der Waals surface area contributed by atoms with Gasteiger partial charge in [-0.05, 0) is 79.8 Å². The molecule has 264 valence electrons. The van der Waals surface area contributed by atoms with Crippen LogP contribution in [0.5, 0.6) is 11.5 Å². The number of nitrogens with zero attached hydrogens (tertiary/aromatic N) is 3. The summed E-state index contributed by atoms with van der Waals surface area (Å²) in [6.07, 6.45) is 1.15. The Balaban J connectivity index is 1.24. The first-order valence-corrected chi connectivity index (χ1v) is 16.1. The van der Waals surface area contributed by atoms with Crippen LogP contribution in [0.15, 0.2) is 69.5 Å². The number of carboxylic acids is 1. The summed E-state index contributed by atoms with van der Waals surface area (Å²) in [5.41, 5.74) is 12.6. The molecule has 4 aromatic carbocycles. The number of fused-ring (bicyclic) bond motifs is 2. The highest BCUT2D eigenvalue weighted by Gasteiger charge is 2.31. The molecule has 0 unspecified atom stereocenters. The van der Waals surface area contributed by atoms with Crippen LogP contribution >= 0.6 is 0 Å². The molecular weight excluding hydrogens is 672 g/mol. The number of oxazole rings is 2. The third-order valence-electron chi connectivity index (χ3n) is 9.23. The van der Waals surface area contributed by atoms with Gasteiger partial charge < -0.3 is 29.1 Å². The van der Waals surface area contributed by atoms with Crippen molar-refractivity contribution in [2.24, 2.45) is 5.73 Å². The molecule has 1 aliphatic rings. The summed E-state index contributed by atoms with van der Waals surface area (Å²) in [7, 11) is 0. The summed E-state index contributed by atoms with van der Waals surface area (Å²) in [4.78, 5) is 22.8. The summed E-state index contributed by atoms with van der Waals surface area (Å²) in [5, 5.41) is 9.62. The third kappa shape index (κ3) is 6.59. The minimum absolute atomic E-state index is 0.0258. The smallest absolute Gasteiger partial charge is 0.387 e. The minimum atomic E-state index is -3.09. The molecule has 0 aliphatic carbocycles. The first kappa shape index (κ1) is 34.0. The van der Waals surface area contributed by atoms with Gasteiger partial charge >= 0.3 is 19.2 Å². The van der Waals surface area contributed by atoms with Crippen LogP contribution in [0.1, 0.15) is 35.1 Å². The number of rotatable bonds is 11. The molecule has 1 fully saturated rings. The molecule has 2 aromatic heterocycles. The zero-order valence-electron chi connectivity index (χ0n) is 27.5. The van der Waals surface area contributed by atoms with Gasteiger partial charge in [-0.3, -0.25) is 9.69 Å². The molecule has 3 N–H and O–H groups in total. The Morgan fingerprint density at radius 3 is 1.82 bits per heavy atom. The average molecular weight is 705 g/mol. The van der Waals surface area contributed by atoms with Crippen molar-refractivity contribution in [2.75, 3.05) is 6.54 Å². The van der Waals surface area contributed by atoms with Gasteiger partial charge in [0.2, 0.25) is 11.8 Å². The molecule has 3 heterocycles. The summed E-state index contributed by atoms with van der Waals surface area (Å²) in [6.45, 7) is -1.69. The van der Waals surface area contributed by atoms with Crippen LogP contribution in [0.2, 0.25) is 0 Å². The van der Waals surface area contributed by atoms with Gasteiger partial charge in [-0.2, -0.15) is 17.6 Å². The van der Waals surface area contributed by atoms with Gasteiger partial charge in [-0.15, -0.1) is 0 Å². The molecule has 1 saturated heterocycles. The van der Waals surface area contributed by atoms with E-state index in [9.17, 15) is 27.5 Å². The van der Waals surface area contributed by atoms with Gasteiger partial charge in [0.15, 0.2) is 11.2 Å². The maximum absolute atomic E-state index is 13.4. The van der Waals surface area contributed by atoms with Crippen LogP contribution < -0.4 is 15.2 Å². The first-order valence-electron chi connectivity index (χ1n) is 16.1. The van der Waals surface area contributed by atoms with Crippen molar-refractivity contribution in [3.05, 3.63) is 82.9 Å². The standard InChI is InChI=1S/C37H32F4N4O6/c1-18-22(6-3-8-24(18)33-43-26-12-20(16-42)29(50-36(38)39)14-31(26)48-33)23-7-4-9-25(19(23)2)34-44-27-13-21(17-45-11-5-10-28(45)35(46)47)30(51-37(40)41)15-32(27)49-34/h3-4,6-9,12-15,28,36-37H,5,10-11,16-17,42H2,1-2H3,(H,46,47)/t28-/m0/s1. The van der Waals surface area contributed by atoms with Crippen LogP contribution in [0.4, 0.5) is 17.6 Å². The van der Waals surface area contributed by atoms with Crippen LogP contribution in [0.3, 0.4) is 0 Å². The molecule has 1 aliphatic heterocycles. The lowest BCUT2D eigenvalue weighted by Crippen LogP contribution is -2.35. The maximum Gasteiger partial charge on any atom is 0.387 e. The van der Waals surface area contributed by atoms with Crippen molar-refractivity contribution < 1.29 is 45.8 Å². The number of carbonyl (C=O) groups is 1. The van der Waals surface area contributed by atoms with E-state index in [2.05, 4.69) is 9.72 Å². The van der Waals surface area contributed by atoms with E-state index in [1.54, 1.807) is 17.0 Å². The first-order chi connectivity index (χ1) is 24.5. The number of nitrogens with two attached hydrogens (primary N) is 1. The zero-order chi connectivity index (χ0) is 36.0.